The van der Waals surface area contributed by atoms with Gasteiger partial charge in [0, 0.05) is 19.6 Å². The van der Waals surface area contributed by atoms with Gasteiger partial charge in [0.15, 0.2) is 0 Å². The van der Waals surface area contributed by atoms with Crippen molar-refractivity contribution in [3.8, 4) is 0 Å². The van der Waals surface area contributed by atoms with Gasteiger partial charge in [-0.1, -0.05) is 19.8 Å². The van der Waals surface area contributed by atoms with E-state index in [2.05, 4.69) is 41.9 Å². The van der Waals surface area contributed by atoms with Crippen molar-refractivity contribution in [3.05, 3.63) is 17.5 Å². The third kappa shape index (κ3) is 2.94. The van der Waals surface area contributed by atoms with Crippen molar-refractivity contribution >= 4 is 0 Å². The second kappa shape index (κ2) is 5.87. The van der Waals surface area contributed by atoms with E-state index < -0.39 is 0 Å². The lowest BCUT2D eigenvalue weighted by molar-refractivity contribution is 0.267. The zero-order valence-corrected chi connectivity index (χ0v) is 12.1. The fourth-order valence-corrected chi connectivity index (χ4v) is 3.25. The van der Waals surface area contributed by atoms with Crippen LogP contribution in [0.1, 0.15) is 57.3 Å². The third-order valence-electron chi connectivity index (χ3n) is 4.51. The summed E-state index contributed by atoms with van der Waals surface area (Å²) in [5.74, 6) is 0. The number of nitrogens with one attached hydrogen (secondary N) is 1. The van der Waals surface area contributed by atoms with Gasteiger partial charge in [-0.2, -0.15) is 5.10 Å². The van der Waals surface area contributed by atoms with Gasteiger partial charge in [-0.05, 0) is 44.6 Å². The van der Waals surface area contributed by atoms with Crippen LogP contribution in [0, 0.1) is 12.3 Å². The molecule has 2 rings (SSSR count). The van der Waals surface area contributed by atoms with Crippen LogP contribution in [0.3, 0.4) is 0 Å². The number of hydrogen-bond donors (Lipinski definition) is 1. The van der Waals surface area contributed by atoms with Crippen molar-refractivity contribution in [2.75, 3.05) is 6.54 Å². The van der Waals surface area contributed by atoms with Crippen LogP contribution >= 0.6 is 0 Å². The Balaban J connectivity index is 1.87. The molecule has 1 N–H and O–H groups in total. The summed E-state index contributed by atoms with van der Waals surface area (Å²) in [5.41, 5.74) is 3.02. The first-order valence-corrected chi connectivity index (χ1v) is 7.43. The lowest BCUT2D eigenvalue weighted by Crippen LogP contribution is -2.31. The molecule has 0 radical (unpaired) electrons. The molecule has 0 unspecified atom stereocenters. The first-order valence-electron chi connectivity index (χ1n) is 7.43. The molecule has 1 fully saturated rings. The van der Waals surface area contributed by atoms with Crippen molar-refractivity contribution in [3.63, 3.8) is 0 Å². The van der Waals surface area contributed by atoms with Crippen molar-refractivity contribution in [1.82, 2.24) is 15.1 Å². The summed E-state index contributed by atoms with van der Waals surface area (Å²) in [7, 11) is 0. The van der Waals surface area contributed by atoms with E-state index in [1.54, 1.807) is 0 Å². The van der Waals surface area contributed by atoms with E-state index in [1.165, 1.54) is 37.8 Å². The Kier molecular flexibility index (Phi) is 4.44. The molecule has 0 bridgehead atoms. The van der Waals surface area contributed by atoms with Crippen molar-refractivity contribution < 1.29 is 0 Å². The van der Waals surface area contributed by atoms with Crippen molar-refractivity contribution in [2.24, 2.45) is 5.41 Å². The van der Waals surface area contributed by atoms with Gasteiger partial charge in [0.25, 0.3) is 0 Å². The predicted octanol–water partition coefficient (Wildman–Crippen LogP) is 3.27. The number of aromatic nitrogens is 2. The monoisotopic (exact) mass is 249 g/mol. The van der Waals surface area contributed by atoms with Crippen molar-refractivity contribution in [1.29, 1.82) is 0 Å². The lowest BCUT2D eigenvalue weighted by Gasteiger charge is -2.27. The Morgan fingerprint density at radius 1 is 1.33 bits per heavy atom. The molecule has 1 aromatic rings. The molecule has 1 aliphatic carbocycles. The van der Waals surface area contributed by atoms with Gasteiger partial charge >= 0.3 is 0 Å². The van der Waals surface area contributed by atoms with Crippen LogP contribution in [0.15, 0.2) is 6.07 Å². The second-order valence-corrected chi connectivity index (χ2v) is 5.76. The topological polar surface area (TPSA) is 29.9 Å². The molecular weight excluding hydrogens is 222 g/mol. The van der Waals surface area contributed by atoms with E-state index in [1.807, 2.05) is 0 Å². The average Bonchev–Trinajstić information content (AvgIpc) is 2.97. The normalized spacial score (nSPS) is 18.4. The fraction of sp³-hybridized carbons (Fsp3) is 0.800. The van der Waals surface area contributed by atoms with Crippen LogP contribution in [-0.4, -0.2) is 16.3 Å². The lowest BCUT2D eigenvalue weighted by atomic mass is 9.83. The summed E-state index contributed by atoms with van der Waals surface area (Å²) in [5, 5.41) is 8.16. The number of hydrogen-bond acceptors (Lipinski definition) is 2. The molecule has 3 nitrogen and oxygen atoms in total. The summed E-state index contributed by atoms with van der Waals surface area (Å²) >= 11 is 0. The van der Waals surface area contributed by atoms with E-state index in [-0.39, 0.29) is 0 Å². The summed E-state index contributed by atoms with van der Waals surface area (Å²) in [6.45, 7) is 9.64. The Bertz CT molecular complexity index is 375. The first kappa shape index (κ1) is 13.6. The fourth-order valence-electron chi connectivity index (χ4n) is 3.25. The van der Waals surface area contributed by atoms with Gasteiger partial charge < -0.3 is 5.32 Å². The molecule has 0 saturated heterocycles. The highest BCUT2D eigenvalue weighted by atomic mass is 15.3. The molecule has 18 heavy (non-hydrogen) atoms. The number of nitrogens with zero attached hydrogens (tertiary/aromatic N) is 2. The van der Waals surface area contributed by atoms with Gasteiger partial charge in [-0.15, -0.1) is 0 Å². The molecule has 1 saturated carbocycles. The van der Waals surface area contributed by atoms with E-state index in [4.69, 9.17) is 0 Å². The smallest absolute Gasteiger partial charge is 0.0597 e. The predicted molar refractivity (Wildman–Crippen MR) is 75.5 cm³/mol. The molecule has 3 heteroatoms. The van der Waals surface area contributed by atoms with Gasteiger partial charge in [-0.25, -0.2) is 0 Å². The number of aryl methyl sites for hydroxylation is 2. The van der Waals surface area contributed by atoms with Gasteiger partial charge in [0.2, 0.25) is 0 Å². The van der Waals surface area contributed by atoms with Crippen LogP contribution in [0.2, 0.25) is 0 Å². The van der Waals surface area contributed by atoms with Crippen LogP contribution in [0.25, 0.3) is 0 Å². The standard InChI is InChI=1S/C15H27N3/c1-4-15(8-6-7-9-15)12-16-11-14-10-13(3)17-18(14)5-2/h10,16H,4-9,11-12H2,1-3H3. The maximum atomic E-state index is 4.49. The molecule has 0 amide bonds. The minimum atomic E-state index is 0.576. The largest absolute Gasteiger partial charge is 0.311 e. The van der Waals surface area contributed by atoms with E-state index in [0.29, 0.717) is 5.41 Å². The van der Waals surface area contributed by atoms with Gasteiger partial charge in [-0.3, -0.25) is 4.68 Å². The van der Waals surface area contributed by atoms with E-state index in [9.17, 15) is 0 Å². The number of rotatable bonds is 6. The molecule has 0 spiro atoms. The summed E-state index contributed by atoms with van der Waals surface area (Å²) in [6.07, 6.45) is 6.96. The quantitative estimate of drug-likeness (QED) is 0.838. The Morgan fingerprint density at radius 3 is 2.67 bits per heavy atom. The average molecular weight is 249 g/mol. The zero-order chi connectivity index (χ0) is 13.0. The second-order valence-electron chi connectivity index (χ2n) is 5.76. The zero-order valence-electron chi connectivity index (χ0n) is 12.1. The Hall–Kier alpha value is -0.830. The summed E-state index contributed by atoms with van der Waals surface area (Å²) in [6, 6.07) is 2.20. The van der Waals surface area contributed by atoms with Crippen LogP contribution in [0.5, 0.6) is 0 Å². The molecule has 0 aromatic carbocycles. The highest BCUT2D eigenvalue weighted by molar-refractivity contribution is 5.08. The van der Waals surface area contributed by atoms with Crippen LogP contribution < -0.4 is 5.32 Å². The van der Waals surface area contributed by atoms with Gasteiger partial charge in [0.05, 0.1) is 11.4 Å². The highest BCUT2D eigenvalue weighted by Crippen LogP contribution is 2.40. The highest BCUT2D eigenvalue weighted by Gasteiger charge is 2.31. The SMILES string of the molecule is CCn1nc(C)cc1CNCC1(CC)CCCC1. The third-order valence-corrected chi connectivity index (χ3v) is 4.51. The minimum Gasteiger partial charge on any atom is -0.311 e. The van der Waals surface area contributed by atoms with E-state index in [0.717, 1.165) is 25.3 Å². The molecule has 102 valence electrons. The maximum Gasteiger partial charge on any atom is 0.0597 e. The molecule has 1 aromatic heterocycles. The molecular formula is C15H27N3. The Morgan fingerprint density at radius 2 is 2.06 bits per heavy atom. The molecule has 0 aliphatic heterocycles. The minimum absolute atomic E-state index is 0.576. The Labute approximate surface area is 111 Å². The van der Waals surface area contributed by atoms with Crippen LogP contribution in [-0.2, 0) is 13.1 Å². The molecule has 1 aliphatic rings. The van der Waals surface area contributed by atoms with Crippen LogP contribution in [0.4, 0.5) is 0 Å². The van der Waals surface area contributed by atoms with E-state index >= 15 is 0 Å². The summed E-state index contributed by atoms with van der Waals surface area (Å²) in [4.78, 5) is 0. The molecule has 0 atom stereocenters. The summed E-state index contributed by atoms with van der Waals surface area (Å²) < 4.78 is 2.11. The van der Waals surface area contributed by atoms with Crippen molar-refractivity contribution in [2.45, 2.75) is 66.0 Å². The molecule has 1 heterocycles. The maximum absolute atomic E-state index is 4.49. The van der Waals surface area contributed by atoms with Gasteiger partial charge in [0.1, 0.15) is 0 Å². The first-order chi connectivity index (χ1) is 8.69.